The van der Waals surface area contributed by atoms with E-state index in [1.807, 2.05) is 47.5 Å². The summed E-state index contributed by atoms with van der Waals surface area (Å²) in [6.07, 6.45) is 6.25. The third-order valence-corrected chi connectivity index (χ3v) is 6.53. The van der Waals surface area contributed by atoms with Crippen molar-refractivity contribution in [2.24, 2.45) is 5.92 Å². The van der Waals surface area contributed by atoms with Gasteiger partial charge in [-0.3, -0.25) is 14.8 Å². The second kappa shape index (κ2) is 10.7. The smallest absolute Gasteiger partial charge is 0.254 e. The van der Waals surface area contributed by atoms with Crippen LogP contribution in [-0.2, 0) is 17.7 Å². The van der Waals surface area contributed by atoms with Gasteiger partial charge < -0.3 is 15.0 Å². The highest BCUT2D eigenvalue weighted by Crippen LogP contribution is 2.22. The highest BCUT2D eigenvalue weighted by molar-refractivity contribution is 5.95. The molecule has 0 spiro atoms. The summed E-state index contributed by atoms with van der Waals surface area (Å²) in [4.78, 5) is 23.9. The van der Waals surface area contributed by atoms with Crippen LogP contribution in [0.5, 0.6) is 0 Å². The Morgan fingerprint density at radius 1 is 1.06 bits per heavy atom. The number of hydrogen-bond acceptors (Lipinski definition) is 5. The summed E-state index contributed by atoms with van der Waals surface area (Å²) >= 11 is 0. The Balaban J connectivity index is 1.28. The fourth-order valence-corrected chi connectivity index (χ4v) is 4.60. The van der Waals surface area contributed by atoms with Gasteiger partial charge in [0, 0.05) is 60.8 Å². The summed E-state index contributed by atoms with van der Waals surface area (Å²) in [7, 11) is 0. The minimum Gasteiger partial charge on any atom is -0.381 e. The normalized spacial score (nSPS) is 16.1. The Morgan fingerprint density at radius 3 is 2.83 bits per heavy atom. The molecule has 1 aliphatic rings. The van der Waals surface area contributed by atoms with Crippen molar-refractivity contribution in [2.75, 3.05) is 31.6 Å². The largest absolute Gasteiger partial charge is 0.381 e. The van der Waals surface area contributed by atoms with Gasteiger partial charge in [0.2, 0.25) is 0 Å². The van der Waals surface area contributed by atoms with E-state index in [0.717, 1.165) is 34.1 Å². The maximum Gasteiger partial charge on any atom is 0.254 e. The van der Waals surface area contributed by atoms with E-state index in [-0.39, 0.29) is 11.8 Å². The molecule has 2 aromatic heterocycles. The molecular weight excluding hydrogens is 436 g/mol. The molecule has 1 fully saturated rings. The molecule has 2 aromatic carbocycles. The Bertz CT molecular complexity index is 1310. The van der Waals surface area contributed by atoms with Crippen molar-refractivity contribution in [1.29, 1.82) is 0 Å². The van der Waals surface area contributed by atoms with Gasteiger partial charge in [-0.2, -0.15) is 0 Å². The zero-order valence-electron chi connectivity index (χ0n) is 20.0. The SMILES string of the molecule is Cc1ccc(C(=O)N2CCOCC(Cc3ccc4ncccc4c3)C2)cc1NCc1ccncc1. The van der Waals surface area contributed by atoms with Crippen LogP contribution >= 0.6 is 0 Å². The minimum atomic E-state index is 0.0511. The topological polar surface area (TPSA) is 67.4 Å². The molecule has 1 saturated heterocycles. The van der Waals surface area contributed by atoms with E-state index in [1.54, 1.807) is 12.4 Å². The third kappa shape index (κ3) is 5.66. The number of amides is 1. The van der Waals surface area contributed by atoms with Crippen LogP contribution in [0.2, 0.25) is 0 Å². The number of hydrogen-bond donors (Lipinski definition) is 1. The molecule has 178 valence electrons. The van der Waals surface area contributed by atoms with Gasteiger partial charge in [-0.1, -0.05) is 18.2 Å². The Morgan fingerprint density at radius 2 is 1.94 bits per heavy atom. The lowest BCUT2D eigenvalue weighted by Crippen LogP contribution is -2.36. The Kier molecular flexibility index (Phi) is 7.00. The second-order valence-electron chi connectivity index (χ2n) is 9.17. The highest BCUT2D eigenvalue weighted by atomic mass is 16.5. The lowest BCUT2D eigenvalue weighted by Gasteiger charge is -2.24. The quantitative estimate of drug-likeness (QED) is 0.439. The molecule has 5 rings (SSSR count). The average Bonchev–Trinajstić information content (AvgIpc) is 3.14. The molecule has 4 aromatic rings. The third-order valence-electron chi connectivity index (χ3n) is 6.53. The molecule has 0 aliphatic carbocycles. The first-order chi connectivity index (χ1) is 17.2. The lowest BCUT2D eigenvalue weighted by atomic mass is 9.98. The number of nitrogens with one attached hydrogen (secondary N) is 1. The fraction of sp³-hybridized carbons (Fsp3) is 0.276. The van der Waals surface area contributed by atoms with E-state index in [4.69, 9.17) is 4.74 Å². The Hall–Kier alpha value is -3.77. The first-order valence-electron chi connectivity index (χ1n) is 12.1. The number of rotatable bonds is 6. The summed E-state index contributed by atoms with van der Waals surface area (Å²) in [5.74, 6) is 0.292. The molecule has 6 nitrogen and oxygen atoms in total. The maximum atomic E-state index is 13.5. The average molecular weight is 467 g/mol. The van der Waals surface area contributed by atoms with Crippen molar-refractivity contribution < 1.29 is 9.53 Å². The first-order valence-corrected chi connectivity index (χ1v) is 12.1. The molecule has 1 N–H and O–H groups in total. The summed E-state index contributed by atoms with van der Waals surface area (Å²) in [5.41, 5.74) is 6.17. The van der Waals surface area contributed by atoms with Gasteiger partial charge in [0.1, 0.15) is 0 Å². The number of benzene rings is 2. The number of fused-ring (bicyclic) bond motifs is 1. The van der Waals surface area contributed by atoms with Gasteiger partial charge in [0.05, 0.1) is 18.7 Å². The van der Waals surface area contributed by atoms with E-state index in [1.165, 1.54) is 5.56 Å². The number of carbonyl (C=O) groups excluding carboxylic acids is 1. The van der Waals surface area contributed by atoms with Crippen molar-refractivity contribution in [3.05, 3.63) is 102 Å². The molecule has 0 radical (unpaired) electrons. The van der Waals surface area contributed by atoms with Gasteiger partial charge in [0.15, 0.2) is 0 Å². The van der Waals surface area contributed by atoms with Gasteiger partial charge in [-0.05, 0) is 72.5 Å². The van der Waals surface area contributed by atoms with E-state index >= 15 is 0 Å². The van der Waals surface area contributed by atoms with Crippen LogP contribution in [0, 0.1) is 12.8 Å². The summed E-state index contributed by atoms with van der Waals surface area (Å²) in [6, 6.07) is 20.3. The van der Waals surface area contributed by atoms with Crippen molar-refractivity contribution >= 4 is 22.5 Å². The van der Waals surface area contributed by atoms with Crippen molar-refractivity contribution in [1.82, 2.24) is 14.9 Å². The number of aromatic nitrogens is 2. The number of carbonyl (C=O) groups is 1. The van der Waals surface area contributed by atoms with Crippen molar-refractivity contribution in [3.63, 3.8) is 0 Å². The zero-order valence-corrected chi connectivity index (χ0v) is 20.0. The van der Waals surface area contributed by atoms with Crippen molar-refractivity contribution in [3.8, 4) is 0 Å². The maximum absolute atomic E-state index is 13.5. The van der Waals surface area contributed by atoms with Gasteiger partial charge in [0.25, 0.3) is 5.91 Å². The number of aryl methyl sites for hydroxylation is 1. The predicted molar refractivity (Wildman–Crippen MR) is 138 cm³/mol. The van der Waals surface area contributed by atoms with Crippen LogP contribution in [-0.4, -0.2) is 47.1 Å². The van der Waals surface area contributed by atoms with E-state index in [0.29, 0.717) is 38.4 Å². The molecule has 3 heterocycles. The molecule has 0 bridgehead atoms. The molecule has 6 heteroatoms. The number of pyridine rings is 2. The molecular formula is C29H30N4O2. The predicted octanol–water partition coefficient (Wildman–Crippen LogP) is 4.88. The van der Waals surface area contributed by atoms with Crippen LogP contribution in [0.4, 0.5) is 5.69 Å². The number of ether oxygens (including phenoxy) is 1. The van der Waals surface area contributed by atoms with E-state index < -0.39 is 0 Å². The summed E-state index contributed by atoms with van der Waals surface area (Å²) < 4.78 is 5.89. The van der Waals surface area contributed by atoms with Gasteiger partial charge >= 0.3 is 0 Å². The van der Waals surface area contributed by atoms with Crippen LogP contribution < -0.4 is 5.32 Å². The highest BCUT2D eigenvalue weighted by Gasteiger charge is 2.24. The monoisotopic (exact) mass is 466 g/mol. The Labute approximate surface area is 206 Å². The van der Waals surface area contributed by atoms with Crippen LogP contribution in [0.3, 0.4) is 0 Å². The van der Waals surface area contributed by atoms with Crippen molar-refractivity contribution in [2.45, 2.75) is 19.9 Å². The van der Waals surface area contributed by atoms with Gasteiger partial charge in [-0.15, -0.1) is 0 Å². The molecule has 1 aliphatic heterocycles. The lowest BCUT2D eigenvalue weighted by molar-refractivity contribution is 0.0737. The second-order valence-corrected chi connectivity index (χ2v) is 9.17. The van der Waals surface area contributed by atoms with E-state index in [9.17, 15) is 4.79 Å². The molecule has 0 saturated carbocycles. The first kappa shape index (κ1) is 23.0. The molecule has 35 heavy (non-hydrogen) atoms. The van der Waals surface area contributed by atoms with Crippen LogP contribution in [0.25, 0.3) is 10.9 Å². The summed E-state index contributed by atoms with van der Waals surface area (Å²) in [5, 5.41) is 4.61. The van der Waals surface area contributed by atoms with E-state index in [2.05, 4.69) is 46.5 Å². The van der Waals surface area contributed by atoms with Crippen LogP contribution in [0.15, 0.2) is 79.3 Å². The minimum absolute atomic E-state index is 0.0511. The number of nitrogens with zero attached hydrogens (tertiary/aromatic N) is 3. The van der Waals surface area contributed by atoms with Crippen LogP contribution in [0.1, 0.15) is 27.0 Å². The van der Waals surface area contributed by atoms with Gasteiger partial charge in [-0.25, -0.2) is 0 Å². The molecule has 1 unspecified atom stereocenters. The standard InChI is InChI=1S/C29H30N4O2/c1-21-4-6-26(17-28(21)32-18-22-8-11-30-12-9-22)29(34)33-13-14-35-20-24(19-33)15-23-5-7-27-25(16-23)3-2-10-31-27/h2-12,16-17,24,32H,13-15,18-20H2,1H3. The zero-order chi connectivity index (χ0) is 24.0. The number of anilines is 1. The molecule has 1 amide bonds. The summed E-state index contributed by atoms with van der Waals surface area (Å²) in [6.45, 7) is 5.23. The fourth-order valence-electron chi connectivity index (χ4n) is 4.60. The molecule has 1 atom stereocenters.